The summed E-state index contributed by atoms with van der Waals surface area (Å²) in [4.78, 5) is 13.5. The molecular weight excluding hydrogens is 648 g/mol. The minimum absolute atomic E-state index is 0.0355. The van der Waals surface area contributed by atoms with Crippen LogP contribution in [0.2, 0.25) is 10.0 Å². The van der Waals surface area contributed by atoms with Crippen LogP contribution in [-0.2, 0) is 14.3 Å². The van der Waals surface area contributed by atoms with E-state index in [2.05, 4.69) is 15.6 Å². The number of carbonyl (C=O) groups is 1. The van der Waals surface area contributed by atoms with Crippen LogP contribution in [0.3, 0.4) is 0 Å². The maximum absolute atomic E-state index is 13.9. The van der Waals surface area contributed by atoms with Crippen molar-refractivity contribution in [2.45, 2.75) is 72.5 Å². The normalized spacial score (nSPS) is 27.3. The summed E-state index contributed by atoms with van der Waals surface area (Å²) in [5.74, 6) is -4.90. The van der Waals surface area contributed by atoms with Crippen LogP contribution >= 0.6 is 35.0 Å². The van der Waals surface area contributed by atoms with Crippen LogP contribution < -0.4 is 5.32 Å². The highest BCUT2D eigenvalue weighted by molar-refractivity contribution is 7.99. The maximum Gasteiger partial charge on any atom is 0.246 e. The Morgan fingerprint density at radius 3 is 2.45 bits per heavy atom. The third-order valence-corrected chi connectivity index (χ3v) is 9.41. The first kappa shape index (κ1) is 32.9. The smallest absolute Gasteiger partial charge is 0.246 e. The number of hydrogen-bond acceptors (Lipinski definition) is 9. The minimum atomic E-state index is -1.63. The predicted octanol–water partition coefficient (Wildman–Crippen LogP) is 3.89. The number of benzene rings is 2. The predicted molar refractivity (Wildman–Crippen MR) is 155 cm³/mol. The summed E-state index contributed by atoms with van der Waals surface area (Å²) in [5.41, 5.74) is -1.08. The van der Waals surface area contributed by atoms with Gasteiger partial charge in [0.25, 0.3) is 0 Å². The highest BCUT2D eigenvalue weighted by atomic mass is 35.5. The second-order valence-electron chi connectivity index (χ2n) is 10.6. The molecule has 2 fully saturated rings. The molecule has 2 aromatic carbocycles. The van der Waals surface area contributed by atoms with E-state index in [4.69, 9.17) is 32.7 Å². The fraction of sp³-hybridized carbons (Fsp3) is 0.464. The molecule has 4 N–H and O–H groups in total. The van der Waals surface area contributed by atoms with Crippen LogP contribution in [0.4, 0.5) is 13.2 Å². The Morgan fingerprint density at radius 1 is 1.09 bits per heavy atom. The molecular formula is C28H29Cl2F3N4O6S. The number of rotatable bonds is 9. The highest BCUT2D eigenvalue weighted by Gasteiger charge is 2.48. The minimum Gasteiger partial charge on any atom is -0.394 e. The van der Waals surface area contributed by atoms with Gasteiger partial charge in [-0.2, -0.15) is 0 Å². The van der Waals surface area contributed by atoms with E-state index in [1.165, 1.54) is 10.9 Å². The molecule has 16 heteroatoms. The zero-order valence-electron chi connectivity index (χ0n) is 23.0. The van der Waals surface area contributed by atoms with E-state index in [1.807, 2.05) is 0 Å². The van der Waals surface area contributed by atoms with Gasteiger partial charge in [-0.05, 0) is 56.0 Å². The first-order valence-corrected chi connectivity index (χ1v) is 15.4. The Balaban J connectivity index is 1.44. The van der Waals surface area contributed by atoms with Gasteiger partial charge in [-0.3, -0.25) is 4.79 Å². The first-order chi connectivity index (χ1) is 21.0. The van der Waals surface area contributed by atoms with E-state index in [1.54, 1.807) is 18.2 Å². The second-order valence-corrected chi connectivity index (χ2v) is 12.6. The zero-order chi connectivity index (χ0) is 31.5. The number of nitrogens with zero attached hydrogens (tertiary/aromatic N) is 3. The fourth-order valence-electron chi connectivity index (χ4n) is 5.24. The van der Waals surface area contributed by atoms with Crippen molar-refractivity contribution < 1.29 is 42.8 Å². The molecule has 0 unspecified atom stereocenters. The molecule has 0 radical (unpaired) electrons. The van der Waals surface area contributed by atoms with Crippen LogP contribution in [-0.4, -0.2) is 85.3 Å². The lowest BCUT2D eigenvalue weighted by atomic mass is 9.93. The summed E-state index contributed by atoms with van der Waals surface area (Å²) in [6.07, 6.45) is -0.411. The van der Waals surface area contributed by atoms with E-state index in [9.17, 15) is 33.3 Å². The molecule has 0 bridgehead atoms. The average molecular weight is 678 g/mol. The van der Waals surface area contributed by atoms with Crippen molar-refractivity contribution in [1.82, 2.24) is 20.3 Å². The third kappa shape index (κ3) is 7.50. The van der Waals surface area contributed by atoms with Crippen LogP contribution in [0.1, 0.15) is 31.7 Å². The van der Waals surface area contributed by atoms with Crippen molar-refractivity contribution in [2.75, 3.05) is 13.2 Å². The molecule has 5 rings (SSSR count). The molecule has 5 atom stereocenters. The highest BCUT2D eigenvalue weighted by Crippen LogP contribution is 2.41. The molecule has 10 nitrogen and oxygen atoms in total. The molecule has 1 aliphatic heterocycles. The van der Waals surface area contributed by atoms with Gasteiger partial charge in [0.1, 0.15) is 42.1 Å². The topological polar surface area (TPSA) is 139 Å². The van der Waals surface area contributed by atoms with E-state index < -0.39 is 72.5 Å². The Hall–Kier alpha value is -2.43. The molecule has 0 spiro atoms. The molecule has 1 saturated carbocycles. The third-order valence-electron chi connectivity index (χ3n) is 7.53. The van der Waals surface area contributed by atoms with Crippen LogP contribution in [0.25, 0.3) is 11.3 Å². The first-order valence-electron chi connectivity index (χ1n) is 13.8. The number of nitrogens with one attached hydrogen (secondary N) is 1. The molecule has 2 heterocycles. The largest absolute Gasteiger partial charge is 0.394 e. The zero-order valence-corrected chi connectivity index (χ0v) is 25.3. The standard InChI is InChI=1S/C28H29Cl2F3N4O6S/c29-17-6-5-16(9-18(17)30)44-28-27(42-12-23(40)34-14-1-3-15(39)4-2-14)25(26(41)22(11-38)43-28)37-10-21(35-36-37)13-7-19(31)24(33)20(32)8-13/h5-10,14-15,22,25-28,38-39,41H,1-4,11-12H2,(H,34,40)/t14-,15-,22-,25+,26+,27-,28-/m1/s1. The lowest BCUT2D eigenvalue weighted by molar-refractivity contribution is -0.194. The number of halogens is 5. The maximum atomic E-state index is 13.9. The molecule has 1 saturated heterocycles. The lowest BCUT2D eigenvalue weighted by Gasteiger charge is -2.43. The summed E-state index contributed by atoms with van der Waals surface area (Å²) in [6.45, 7) is -1.03. The molecule has 1 aliphatic carbocycles. The summed E-state index contributed by atoms with van der Waals surface area (Å²) in [6, 6.07) is 5.13. The van der Waals surface area contributed by atoms with Gasteiger partial charge in [-0.15, -0.1) is 5.10 Å². The van der Waals surface area contributed by atoms with Gasteiger partial charge < -0.3 is 30.1 Å². The number of amides is 1. The number of aromatic nitrogens is 3. The van der Waals surface area contributed by atoms with Crippen molar-refractivity contribution in [3.8, 4) is 11.3 Å². The molecule has 1 aromatic heterocycles. The number of hydrogen-bond donors (Lipinski definition) is 4. The number of ether oxygens (including phenoxy) is 2. The van der Waals surface area contributed by atoms with Crippen LogP contribution in [0.15, 0.2) is 41.4 Å². The van der Waals surface area contributed by atoms with E-state index in [-0.39, 0.29) is 22.3 Å². The number of carbonyl (C=O) groups excluding carboxylic acids is 1. The Labute approximate surface area is 264 Å². The molecule has 2 aliphatic rings. The van der Waals surface area contributed by atoms with E-state index in [0.29, 0.717) is 35.6 Å². The number of aliphatic hydroxyl groups excluding tert-OH is 3. The Bertz CT molecular complexity index is 1460. The fourth-order valence-corrected chi connectivity index (χ4v) is 6.77. The van der Waals surface area contributed by atoms with Crippen molar-refractivity contribution >= 4 is 40.9 Å². The van der Waals surface area contributed by atoms with Crippen molar-refractivity contribution in [3.05, 3.63) is 64.0 Å². The molecule has 238 valence electrons. The van der Waals surface area contributed by atoms with Gasteiger partial charge >= 0.3 is 0 Å². The van der Waals surface area contributed by atoms with E-state index >= 15 is 0 Å². The van der Waals surface area contributed by atoms with Crippen molar-refractivity contribution in [2.24, 2.45) is 0 Å². The summed E-state index contributed by atoms with van der Waals surface area (Å²) in [5, 5.41) is 42.6. The van der Waals surface area contributed by atoms with Gasteiger partial charge in [0.2, 0.25) is 5.91 Å². The van der Waals surface area contributed by atoms with Gasteiger partial charge in [0, 0.05) is 16.5 Å². The second kappa shape index (κ2) is 14.3. The van der Waals surface area contributed by atoms with Crippen LogP contribution in [0, 0.1) is 17.5 Å². The quantitative estimate of drug-likeness (QED) is 0.249. The summed E-state index contributed by atoms with van der Waals surface area (Å²) < 4.78 is 54.7. The monoisotopic (exact) mass is 676 g/mol. The van der Waals surface area contributed by atoms with Gasteiger partial charge in [0.05, 0.1) is 29.0 Å². The molecule has 44 heavy (non-hydrogen) atoms. The molecule has 1 amide bonds. The van der Waals surface area contributed by atoms with Crippen LogP contribution in [0.5, 0.6) is 0 Å². The van der Waals surface area contributed by atoms with Gasteiger partial charge in [-0.25, -0.2) is 17.9 Å². The van der Waals surface area contributed by atoms with Gasteiger partial charge in [-0.1, -0.05) is 40.2 Å². The SMILES string of the molecule is O=C(CO[C@@H]1[C@@H](n2cc(-c3cc(F)c(F)c(F)c3)nn2)[C@@H](O)[C@@H](CO)O[C@@H]1Sc1ccc(Cl)c(Cl)c1)N[C@H]1CC[C@H](O)CC1. The number of thioether (sulfide) groups is 1. The molecule has 3 aromatic rings. The van der Waals surface area contributed by atoms with E-state index in [0.717, 1.165) is 23.9 Å². The summed E-state index contributed by atoms with van der Waals surface area (Å²) in [7, 11) is 0. The van der Waals surface area contributed by atoms with Crippen molar-refractivity contribution in [1.29, 1.82) is 0 Å². The van der Waals surface area contributed by atoms with Gasteiger partial charge in [0.15, 0.2) is 17.5 Å². The summed E-state index contributed by atoms with van der Waals surface area (Å²) >= 11 is 13.4. The Kier molecular flexibility index (Phi) is 10.7. The average Bonchev–Trinajstić information content (AvgIpc) is 3.48. The Morgan fingerprint density at radius 2 is 1.80 bits per heavy atom. The number of aliphatic hydroxyl groups is 3. The lowest BCUT2D eigenvalue weighted by Crippen LogP contribution is -2.56. The van der Waals surface area contributed by atoms with Crippen molar-refractivity contribution in [3.63, 3.8) is 0 Å².